The predicted octanol–water partition coefficient (Wildman–Crippen LogP) is 2.51. The van der Waals surface area contributed by atoms with Crippen LogP contribution in [0.2, 0.25) is 0 Å². The molecule has 2 aliphatic rings. The van der Waals surface area contributed by atoms with Crippen molar-refractivity contribution >= 4 is 28.8 Å². The molecule has 114 valence electrons. The summed E-state index contributed by atoms with van der Waals surface area (Å²) in [4.78, 5) is 30.8. The third kappa shape index (κ3) is 2.43. The Morgan fingerprint density at radius 3 is 2.77 bits per heavy atom. The number of carbonyl (C=O) groups excluding carboxylic acids is 2. The van der Waals surface area contributed by atoms with E-state index in [1.807, 2.05) is 30.3 Å². The Labute approximate surface area is 133 Å². The summed E-state index contributed by atoms with van der Waals surface area (Å²) >= 11 is 1.54. The normalized spacial score (nSPS) is 21.4. The first-order valence-electron chi connectivity index (χ1n) is 7.01. The number of amidine groups is 1. The quantitative estimate of drug-likeness (QED) is 0.787. The maximum Gasteiger partial charge on any atom is 0.338 e. The minimum Gasteiger partial charge on any atom is -0.466 e. The fourth-order valence-corrected chi connectivity index (χ4v) is 3.72. The molecule has 0 aliphatic carbocycles. The summed E-state index contributed by atoms with van der Waals surface area (Å²) in [6.07, 6.45) is 0.445. The van der Waals surface area contributed by atoms with Crippen LogP contribution in [0.15, 0.2) is 46.6 Å². The van der Waals surface area contributed by atoms with Crippen molar-refractivity contribution in [2.75, 3.05) is 12.9 Å². The van der Waals surface area contributed by atoms with E-state index < -0.39 is 12.0 Å². The highest BCUT2D eigenvalue weighted by molar-refractivity contribution is 8.14. The molecule has 0 unspecified atom stereocenters. The zero-order valence-corrected chi connectivity index (χ0v) is 13.2. The zero-order valence-electron chi connectivity index (χ0n) is 12.4. The molecule has 1 saturated heterocycles. The summed E-state index contributed by atoms with van der Waals surface area (Å²) in [6, 6.07) is 9.05. The molecule has 2 aliphatic heterocycles. The van der Waals surface area contributed by atoms with Crippen LogP contribution in [0.3, 0.4) is 0 Å². The first kappa shape index (κ1) is 14.8. The summed E-state index contributed by atoms with van der Waals surface area (Å²) < 4.78 is 4.92. The van der Waals surface area contributed by atoms with Gasteiger partial charge in [0.2, 0.25) is 5.91 Å². The van der Waals surface area contributed by atoms with E-state index >= 15 is 0 Å². The Morgan fingerprint density at radius 2 is 2.09 bits per heavy atom. The maximum atomic E-state index is 12.4. The molecule has 1 aromatic rings. The van der Waals surface area contributed by atoms with E-state index in [9.17, 15) is 9.59 Å². The lowest BCUT2D eigenvalue weighted by molar-refractivity contribution is -0.137. The van der Waals surface area contributed by atoms with Gasteiger partial charge in [0.05, 0.1) is 24.4 Å². The van der Waals surface area contributed by atoms with Gasteiger partial charge in [-0.1, -0.05) is 42.1 Å². The summed E-state index contributed by atoms with van der Waals surface area (Å²) in [5, 5.41) is 0.662. The zero-order chi connectivity index (χ0) is 15.7. The number of benzene rings is 1. The van der Waals surface area contributed by atoms with Crippen molar-refractivity contribution in [2.45, 2.75) is 19.4 Å². The topological polar surface area (TPSA) is 59.0 Å². The summed E-state index contributed by atoms with van der Waals surface area (Å²) in [6.45, 7) is 1.78. The minimum atomic E-state index is -0.471. The van der Waals surface area contributed by atoms with Crippen LogP contribution >= 0.6 is 11.8 Å². The molecule has 22 heavy (non-hydrogen) atoms. The van der Waals surface area contributed by atoms with E-state index in [4.69, 9.17) is 4.74 Å². The fourth-order valence-electron chi connectivity index (χ4n) is 2.72. The van der Waals surface area contributed by atoms with E-state index in [2.05, 4.69) is 4.99 Å². The number of allylic oxidation sites excluding steroid dienone is 1. The molecule has 2 heterocycles. The van der Waals surface area contributed by atoms with Gasteiger partial charge >= 0.3 is 5.97 Å². The highest BCUT2D eigenvalue weighted by Crippen LogP contribution is 2.40. The van der Waals surface area contributed by atoms with Gasteiger partial charge in [-0.05, 0) is 12.5 Å². The lowest BCUT2D eigenvalue weighted by Gasteiger charge is -2.38. The Morgan fingerprint density at radius 1 is 1.36 bits per heavy atom. The van der Waals surface area contributed by atoms with Gasteiger partial charge in [-0.25, -0.2) is 9.79 Å². The number of esters is 1. The molecule has 5 nitrogen and oxygen atoms in total. The van der Waals surface area contributed by atoms with Crippen LogP contribution in [-0.4, -0.2) is 34.8 Å². The van der Waals surface area contributed by atoms with Gasteiger partial charge in [0, 0.05) is 12.2 Å². The van der Waals surface area contributed by atoms with Gasteiger partial charge in [0.15, 0.2) is 5.17 Å². The predicted molar refractivity (Wildman–Crippen MR) is 85.3 cm³/mol. The van der Waals surface area contributed by atoms with Gasteiger partial charge in [0.1, 0.15) is 0 Å². The minimum absolute atomic E-state index is 0.0137. The smallest absolute Gasteiger partial charge is 0.338 e. The summed E-state index contributed by atoms with van der Waals surface area (Å²) in [5.74, 6) is 0.258. The Balaban J connectivity index is 2.17. The molecular formula is C16H16N2O3S. The molecule has 0 aromatic heterocycles. The molecular weight excluding hydrogens is 300 g/mol. The number of aliphatic imine (C=N–C) groups is 1. The monoisotopic (exact) mass is 316 g/mol. The van der Waals surface area contributed by atoms with Crippen LogP contribution in [0.25, 0.3) is 0 Å². The molecule has 0 spiro atoms. The van der Waals surface area contributed by atoms with Gasteiger partial charge in [-0.2, -0.15) is 0 Å². The van der Waals surface area contributed by atoms with Crippen LogP contribution in [0.5, 0.6) is 0 Å². The molecule has 1 fully saturated rings. The van der Waals surface area contributed by atoms with E-state index in [0.29, 0.717) is 22.9 Å². The van der Waals surface area contributed by atoms with Crippen molar-refractivity contribution in [1.29, 1.82) is 0 Å². The maximum absolute atomic E-state index is 12.4. The number of thioether (sulfide) groups is 1. The highest BCUT2D eigenvalue weighted by Gasteiger charge is 2.41. The second kappa shape index (κ2) is 5.96. The summed E-state index contributed by atoms with van der Waals surface area (Å²) in [7, 11) is 1.34. The van der Waals surface area contributed by atoms with Crippen LogP contribution in [0, 0.1) is 0 Å². The van der Waals surface area contributed by atoms with E-state index in [1.165, 1.54) is 7.11 Å². The van der Waals surface area contributed by atoms with Crippen LogP contribution in [-0.2, 0) is 14.3 Å². The number of methoxy groups -OCH3 is 1. The van der Waals surface area contributed by atoms with Gasteiger partial charge in [0.25, 0.3) is 0 Å². The second-order valence-corrected chi connectivity index (χ2v) is 6.12. The molecule has 0 saturated carbocycles. The average Bonchev–Trinajstić information content (AvgIpc) is 2.54. The van der Waals surface area contributed by atoms with Gasteiger partial charge < -0.3 is 4.74 Å². The number of hydrogen-bond acceptors (Lipinski definition) is 5. The lowest BCUT2D eigenvalue weighted by atomic mass is 9.94. The number of carbonyl (C=O) groups is 2. The van der Waals surface area contributed by atoms with Crippen molar-refractivity contribution in [3.8, 4) is 0 Å². The molecule has 0 bridgehead atoms. The number of ether oxygens (including phenoxy) is 1. The molecule has 6 heteroatoms. The van der Waals surface area contributed by atoms with Gasteiger partial charge in [-0.15, -0.1) is 0 Å². The molecule has 3 rings (SSSR count). The molecule has 1 aromatic carbocycles. The average molecular weight is 316 g/mol. The van der Waals surface area contributed by atoms with Crippen molar-refractivity contribution in [3.05, 3.63) is 47.2 Å². The number of rotatable bonds is 2. The third-order valence-electron chi connectivity index (χ3n) is 3.73. The van der Waals surface area contributed by atoms with E-state index in [-0.39, 0.29) is 5.91 Å². The van der Waals surface area contributed by atoms with E-state index in [1.54, 1.807) is 23.6 Å². The Hall–Kier alpha value is -2.08. The van der Waals surface area contributed by atoms with Crippen LogP contribution in [0.1, 0.15) is 24.9 Å². The number of hydrogen-bond donors (Lipinski definition) is 0. The summed E-state index contributed by atoms with van der Waals surface area (Å²) in [5.41, 5.74) is 1.91. The number of amides is 1. The van der Waals surface area contributed by atoms with Crippen LogP contribution in [0.4, 0.5) is 0 Å². The largest absolute Gasteiger partial charge is 0.466 e. The first-order valence-corrected chi connectivity index (χ1v) is 7.99. The SMILES string of the molecule is COC(=O)C1=C(C)N=C2SCCC(=O)N2[C@@H]1c1ccccc1. The molecule has 1 amide bonds. The lowest BCUT2D eigenvalue weighted by Crippen LogP contribution is -2.45. The van der Waals surface area contributed by atoms with Gasteiger partial charge in [-0.3, -0.25) is 9.69 Å². The van der Waals surface area contributed by atoms with Crippen molar-refractivity contribution < 1.29 is 14.3 Å². The van der Waals surface area contributed by atoms with Crippen molar-refractivity contribution in [2.24, 2.45) is 4.99 Å². The third-order valence-corrected chi connectivity index (χ3v) is 4.68. The molecule has 1 atom stereocenters. The first-order chi connectivity index (χ1) is 10.6. The second-order valence-electron chi connectivity index (χ2n) is 5.06. The highest BCUT2D eigenvalue weighted by atomic mass is 32.2. The number of nitrogens with zero attached hydrogens (tertiary/aromatic N) is 2. The standard InChI is InChI=1S/C16H16N2O3S/c1-10-13(15(20)21-2)14(11-6-4-3-5-7-11)18-12(19)8-9-22-16(18)17-10/h3-7,14H,8-9H2,1-2H3/t14-/m1/s1. The van der Waals surface area contributed by atoms with E-state index in [0.717, 1.165) is 11.3 Å². The van der Waals surface area contributed by atoms with Crippen LogP contribution < -0.4 is 0 Å². The molecule has 0 N–H and O–H groups in total. The fraction of sp³-hybridized carbons (Fsp3) is 0.312. The van der Waals surface area contributed by atoms with Crippen molar-refractivity contribution in [1.82, 2.24) is 4.90 Å². The van der Waals surface area contributed by atoms with Crippen molar-refractivity contribution in [3.63, 3.8) is 0 Å². The molecule has 0 radical (unpaired) electrons. The Bertz CT molecular complexity index is 682. The number of fused-ring (bicyclic) bond motifs is 1. The Kier molecular flexibility index (Phi) is 4.02.